The van der Waals surface area contributed by atoms with Crippen LogP contribution in [0, 0.1) is 5.92 Å². The van der Waals surface area contributed by atoms with Crippen molar-refractivity contribution in [3.05, 3.63) is 42.7 Å². The fourth-order valence-corrected chi connectivity index (χ4v) is 3.21. The highest BCUT2D eigenvalue weighted by atomic mass is 16.3. The van der Waals surface area contributed by atoms with Crippen molar-refractivity contribution >= 4 is 11.7 Å². The van der Waals surface area contributed by atoms with E-state index in [1.165, 1.54) is 0 Å². The van der Waals surface area contributed by atoms with Gasteiger partial charge in [-0.25, -0.2) is 4.98 Å². The fraction of sp³-hybridized carbons (Fsp3) is 0.500. The molecular weight excluding hydrogens is 318 g/mol. The van der Waals surface area contributed by atoms with Crippen LogP contribution in [0.4, 0.5) is 5.82 Å². The average molecular weight is 343 g/mol. The van der Waals surface area contributed by atoms with Gasteiger partial charge in [0.1, 0.15) is 11.6 Å². The van der Waals surface area contributed by atoms with Crippen LogP contribution < -0.4 is 10.2 Å². The maximum absolute atomic E-state index is 12.6. The van der Waals surface area contributed by atoms with Crippen LogP contribution in [0.5, 0.6) is 0 Å². The normalized spacial score (nSPS) is 19.0. The second-order valence-electron chi connectivity index (χ2n) is 6.59. The number of hydrogen-bond acceptors (Lipinski definition) is 6. The van der Waals surface area contributed by atoms with Gasteiger partial charge >= 0.3 is 0 Å². The summed E-state index contributed by atoms with van der Waals surface area (Å²) in [5, 5.41) is 3.09. The predicted octanol–water partition coefficient (Wildman–Crippen LogP) is 1.71. The summed E-state index contributed by atoms with van der Waals surface area (Å²) in [6.45, 7) is 2.12. The summed E-state index contributed by atoms with van der Waals surface area (Å²) >= 11 is 0. The molecule has 1 saturated heterocycles. The molecule has 7 heteroatoms. The largest absolute Gasteiger partial charge is 0.468 e. The number of hydrogen-bond donors (Lipinski definition) is 1. The summed E-state index contributed by atoms with van der Waals surface area (Å²) in [4.78, 5) is 25.3. The van der Waals surface area contributed by atoms with Gasteiger partial charge in [-0.1, -0.05) is 0 Å². The van der Waals surface area contributed by atoms with Crippen molar-refractivity contribution in [1.29, 1.82) is 0 Å². The second-order valence-corrected chi connectivity index (χ2v) is 6.59. The minimum absolute atomic E-state index is 0.0265. The van der Waals surface area contributed by atoms with Gasteiger partial charge < -0.3 is 14.6 Å². The standard InChI is InChI=1S/C18H25N5O2/c1-22(2)15(16-6-4-10-25-16)11-21-18(24)14-5-3-9-23(13-14)17-12-19-7-8-20-17/h4,6-8,10,12,14-15H,3,5,9,11,13H2,1-2H3,(H,21,24)/t14-,15+/m0/s1. The lowest BCUT2D eigenvalue weighted by molar-refractivity contribution is -0.125. The first kappa shape index (κ1) is 17.4. The van der Waals surface area contributed by atoms with Crippen molar-refractivity contribution in [3.63, 3.8) is 0 Å². The Morgan fingerprint density at radius 3 is 3.04 bits per heavy atom. The first-order valence-electron chi connectivity index (χ1n) is 8.63. The monoisotopic (exact) mass is 343 g/mol. The van der Waals surface area contributed by atoms with Gasteiger partial charge in [0.25, 0.3) is 0 Å². The van der Waals surface area contributed by atoms with Gasteiger partial charge in [-0.3, -0.25) is 14.7 Å². The number of rotatable bonds is 6. The molecular formula is C18H25N5O2. The van der Waals surface area contributed by atoms with E-state index in [4.69, 9.17) is 4.42 Å². The zero-order chi connectivity index (χ0) is 17.6. The van der Waals surface area contributed by atoms with Crippen molar-refractivity contribution in [1.82, 2.24) is 20.2 Å². The molecule has 1 aliphatic heterocycles. The van der Waals surface area contributed by atoms with Crippen molar-refractivity contribution in [3.8, 4) is 0 Å². The van der Waals surface area contributed by atoms with Crippen molar-refractivity contribution in [2.75, 3.05) is 38.6 Å². The Hall–Kier alpha value is -2.41. The fourth-order valence-electron chi connectivity index (χ4n) is 3.21. The Labute approximate surface area is 148 Å². The molecule has 7 nitrogen and oxygen atoms in total. The Balaban J connectivity index is 1.57. The maximum Gasteiger partial charge on any atom is 0.224 e. The molecule has 0 unspecified atom stereocenters. The van der Waals surface area contributed by atoms with E-state index in [1.54, 1.807) is 24.9 Å². The van der Waals surface area contributed by atoms with E-state index < -0.39 is 0 Å². The van der Waals surface area contributed by atoms with Crippen LogP contribution in [-0.4, -0.2) is 54.5 Å². The lowest BCUT2D eigenvalue weighted by Crippen LogP contribution is -2.45. The van der Waals surface area contributed by atoms with E-state index in [1.807, 2.05) is 31.1 Å². The molecule has 2 atom stereocenters. The van der Waals surface area contributed by atoms with E-state index in [0.29, 0.717) is 13.1 Å². The third kappa shape index (κ3) is 4.36. The summed E-state index contributed by atoms with van der Waals surface area (Å²) in [6.07, 6.45) is 8.63. The summed E-state index contributed by atoms with van der Waals surface area (Å²) < 4.78 is 5.49. The molecule has 1 amide bonds. The number of aromatic nitrogens is 2. The number of amides is 1. The molecule has 2 aromatic heterocycles. The quantitative estimate of drug-likeness (QED) is 0.861. The number of likely N-dealkylation sites (N-methyl/N-ethyl adjacent to an activating group) is 1. The zero-order valence-corrected chi connectivity index (χ0v) is 14.8. The molecule has 0 aliphatic carbocycles. The van der Waals surface area contributed by atoms with Crippen LogP contribution in [0.25, 0.3) is 0 Å². The average Bonchev–Trinajstić information content (AvgIpc) is 3.16. The minimum atomic E-state index is -0.0323. The second kappa shape index (κ2) is 8.11. The van der Waals surface area contributed by atoms with Gasteiger partial charge in [-0.05, 0) is 39.1 Å². The van der Waals surface area contributed by atoms with Gasteiger partial charge in [-0.15, -0.1) is 0 Å². The Morgan fingerprint density at radius 2 is 2.36 bits per heavy atom. The third-order valence-electron chi connectivity index (χ3n) is 4.63. The Morgan fingerprint density at radius 1 is 1.48 bits per heavy atom. The molecule has 2 aromatic rings. The molecule has 0 bridgehead atoms. The van der Waals surface area contributed by atoms with Gasteiger partial charge in [0, 0.05) is 32.0 Å². The van der Waals surface area contributed by atoms with E-state index in [-0.39, 0.29) is 17.9 Å². The van der Waals surface area contributed by atoms with Crippen LogP contribution in [0.3, 0.4) is 0 Å². The van der Waals surface area contributed by atoms with Crippen LogP contribution in [0.2, 0.25) is 0 Å². The summed E-state index contributed by atoms with van der Waals surface area (Å²) in [6, 6.07) is 3.83. The molecule has 1 fully saturated rings. The molecule has 3 heterocycles. The highest BCUT2D eigenvalue weighted by molar-refractivity contribution is 5.79. The summed E-state index contributed by atoms with van der Waals surface area (Å²) in [5.41, 5.74) is 0. The molecule has 134 valence electrons. The zero-order valence-electron chi connectivity index (χ0n) is 14.8. The molecule has 1 N–H and O–H groups in total. The SMILES string of the molecule is CN(C)[C@H](CNC(=O)[C@H]1CCCN(c2cnccn2)C1)c1ccco1. The molecule has 0 radical (unpaired) electrons. The van der Waals surface area contributed by atoms with Crippen molar-refractivity contribution in [2.24, 2.45) is 5.92 Å². The molecule has 25 heavy (non-hydrogen) atoms. The molecule has 0 aromatic carbocycles. The Kier molecular flexibility index (Phi) is 5.65. The molecule has 0 spiro atoms. The van der Waals surface area contributed by atoms with E-state index >= 15 is 0 Å². The lowest BCUT2D eigenvalue weighted by Gasteiger charge is -2.33. The van der Waals surface area contributed by atoms with Crippen molar-refractivity contribution < 1.29 is 9.21 Å². The molecule has 0 saturated carbocycles. The van der Waals surface area contributed by atoms with Crippen LogP contribution in [-0.2, 0) is 4.79 Å². The third-order valence-corrected chi connectivity index (χ3v) is 4.63. The number of nitrogens with zero attached hydrogens (tertiary/aromatic N) is 4. The van der Waals surface area contributed by atoms with Gasteiger partial charge in [0.15, 0.2) is 0 Å². The highest BCUT2D eigenvalue weighted by Crippen LogP contribution is 2.22. The smallest absolute Gasteiger partial charge is 0.224 e. The number of anilines is 1. The lowest BCUT2D eigenvalue weighted by atomic mass is 9.97. The number of nitrogens with one attached hydrogen (secondary N) is 1. The van der Waals surface area contributed by atoms with Crippen LogP contribution in [0.15, 0.2) is 41.4 Å². The van der Waals surface area contributed by atoms with E-state index in [2.05, 4.69) is 20.2 Å². The predicted molar refractivity (Wildman–Crippen MR) is 95.1 cm³/mol. The molecule has 1 aliphatic rings. The first-order chi connectivity index (χ1) is 12.1. The summed E-state index contributed by atoms with van der Waals surface area (Å²) in [7, 11) is 3.96. The number of carbonyl (C=O) groups is 1. The van der Waals surface area contributed by atoms with E-state index in [0.717, 1.165) is 31.0 Å². The number of carbonyl (C=O) groups excluding carboxylic acids is 1. The first-order valence-corrected chi connectivity index (χ1v) is 8.63. The summed E-state index contributed by atoms with van der Waals surface area (Å²) in [5.74, 6) is 1.75. The molecule has 3 rings (SSSR count). The number of furan rings is 1. The number of piperidine rings is 1. The minimum Gasteiger partial charge on any atom is -0.468 e. The van der Waals surface area contributed by atoms with Gasteiger partial charge in [0.2, 0.25) is 5.91 Å². The van der Waals surface area contributed by atoms with E-state index in [9.17, 15) is 4.79 Å². The maximum atomic E-state index is 12.6. The van der Waals surface area contributed by atoms with Crippen molar-refractivity contribution in [2.45, 2.75) is 18.9 Å². The van der Waals surface area contributed by atoms with Crippen LogP contribution >= 0.6 is 0 Å². The topological polar surface area (TPSA) is 74.5 Å². The van der Waals surface area contributed by atoms with Gasteiger partial charge in [-0.2, -0.15) is 0 Å². The Bertz CT molecular complexity index is 659. The highest BCUT2D eigenvalue weighted by Gasteiger charge is 2.27. The van der Waals surface area contributed by atoms with Gasteiger partial charge in [0.05, 0.1) is 24.4 Å². The van der Waals surface area contributed by atoms with Crippen LogP contribution in [0.1, 0.15) is 24.6 Å².